The molecule has 0 amide bonds. The van der Waals surface area contributed by atoms with Crippen molar-refractivity contribution in [3.05, 3.63) is 40.5 Å². The number of rotatable bonds is 4. The van der Waals surface area contributed by atoms with Crippen molar-refractivity contribution in [3.63, 3.8) is 0 Å². The van der Waals surface area contributed by atoms with Crippen molar-refractivity contribution < 1.29 is 4.74 Å². The van der Waals surface area contributed by atoms with Gasteiger partial charge in [-0.05, 0) is 34.7 Å². The van der Waals surface area contributed by atoms with Crippen LogP contribution in [0.3, 0.4) is 0 Å². The number of methoxy groups -OCH3 is 1. The highest BCUT2D eigenvalue weighted by Crippen LogP contribution is 2.28. The minimum absolute atomic E-state index is 0.0379. The molecule has 1 aromatic carbocycles. The minimum Gasteiger partial charge on any atom is -0.366 e. The van der Waals surface area contributed by atoms with E-state index in [0.717, 1.165) is 0 Å². The molecule has 0 aliphatic carbocycles. The minimum atomic E-state index is 0.0379. The van der Waals surface area contributed by atoms with Crippen LogP contribution in [0.15, 0.2) is 41.8 Å². The molecule has 1 aromatic rings. The standard InChI is InChI=1S/C10H11IOS/c1-3-10(12-2)13-9-7-5-4-6-8(9)11/h3-7,10H,1H2,2H3. The predicted octanol–water partition coefficient (Wildman–Crippen LogP) is 3.54. The van der Waals surface area contributed by atoms with Crippen molar-refractivity contribution in [2.45, 2.75) is 10.3 Å². The van der Waals surface area contributed by atoms with Gasteiger partial charge < -0.3 is 4.74 Å². The van der Waals surface area contributed by atoms with E-state index < -0.39 is 0 Å². The van der Waals surface area contributed by atoms with Crippen LogP contribution in [-0.2, 0) is 4.74 Å². The largest absolute Gasteiger partial charge is 0.366 e. The molecule has 70 valence electrons. The van der Waals surface area contributed by atoms with Gasteiger partial charge in [-0.25, -0.2) is 0 Å². The summed E-state index contributed by atoms with van der Waals surface area (Å²) in [5, 5.41) is 0. The zero-order chi connectivity index (χ0) is 9.68. The number of thioether (sulfide) groups is 1. The van der Waals surface area contributed by atoms with Gasteiger partial charge in [0.2, 0.25) is 0 Å². The molecular weight excluding hydrogens is 295 g/mol. The van der Waals surface area contributed by atoms with Crippen LogP contribution in [0.1, 0.15) is 0 Å². The van der Waals surface area contributed by atoms with Crippen molar-refractivity contribution in [3.8, 4) is 0 Å². The summed E-state index contributed by atoms with van der Waals surface area (Å²) < 4.78 is 6.44. The molecule has 0 heterocycles. The topological polar surface area (TPSA) is 9.23 Å². The highest BCUT2D eigenvalue weighted by atomic mass is 127. The van der Waals surface area contributed by atoms with Crippen molar-refractivity contribution in [1.29, 1.82) is 0 Å². The molecule has 13 heavy (non-hydrogen) atoms. The Bertz CT molecular complexity index is 288. The lowest BCUT2D eigenvalue weighted by molar-refractivity contribution is 0.208. The van der Waals surface area contributed by atoms with Crippen molar-refractivity contribution in [2.75, 3.05) is 7.11 Å². The SMILES string of the molecule is C=CC(OC)Sc1ccccc1I. The summed E-state index contributed by atoms with van der Waals surface area (Å²) in [5.74, 6) is 0. The summed E-state index contributed by atoms with van der Waals surface area (Å²) in [7, 11) is 1.69. The predicted molar refractivity (Wildman–Crippen MR) is 66.0 cm³/mol. The van der Waals surface area contributed by atoms with E-state index in [-0.39, 0.29) is 5.44 Å². The Balaban J connectivity index is 2.73. The lowest BCUT2D eigenvalue weighted by atomic mass is 10.4. The van der Waals surface area contributed by atoms with Gasteiger partial charge in [0.15, 0.2) is 0 Å². The third-order valence-electron chi connectivity index (χ3n) is 1.50. The summed E-state index contributed by atoms with van der Waals surface area (Å²) in [6.45, 7) is 3.71. The monoisotopic (exact) mass is 306 g/mol. The van der Waals surface area contributed by atoms with Gasteiger partial charge in [-0.15, -0.1) is 0 Å². The molecule has 0 aliphatic rings. The molecule has 0 saturated heterocycles. The molecule has 0 N–H and O–H groups in total. The molecule has 0 radical (unpaired) electrons. The van der Waals surface area contributed by atoms with Crippen LogP contribution in [0.4, 0.5) is 0 Å². The Morgan fingerprint density at radius 1 is 1.54 bits per heavy atom. The van der Waals surface area contributed by atoms with Crippen LogP contribution in [0, 0.1) is 3.57 Å². The van der Waals surface area contributed by atoms with E-state index in [1.165, 1.54) is 8.47 Å². The maximum atomic E-state index is 5.20. The molecular formula is C10H11IOS. The smallest absolute Gasteiger partial charge is 0.125 e. The Labute approximate surface area is 96.7 Å². The van der Waals surface area contributed by atoms with E-state index in [1.54, 1.807) is 24.9 Å². The molecule has 0 bridgehead atoms. The fraction of sp³-hybridized carbons (Fsp3) is 0.200. The first kappa shape index (κ1) is 11.1. The molecule has 3 heteroatoms. The number of halogens is 1. The Morgan fingerprint density at radius 3 is 2.77 bits per heavy atom. The first-order valence-corrected chi connectivity index (χ1v) is 5.80. The summed E-state index contributed by atoms with van der Waals surface area (Å²) >= 11 is 3.98. The molecule has 0 saturated carbocycles. The van der Waals surface area contributed by atoms with Crippen LogP contribution in [0.2, 0.25) is 0 Å². The zero-order valence-electron chi connectivity index (χ0n) is 7.37. The third-order valence-corrected chi connectivity index (χ3v) is 4.04. The number of hydrogen-bond donors (Lipinski definition) is 0. The molecule has 1 rings (SSSR count). The van der Waals surface area contributed by atoms with E-state index in [4.69, 9.17) is 4.74 Å². The van der Waals surface area contributed by atoms with Crippen molar-refractivity contribution in [1.82, 2.24) is 0 Å². The number of benzene rings is 1. The van der Waals surface area contributed by atoms with Gasteiger partial charge in [-0.3, -0.25) is 0 Å². The highest BCUT2D eigenvalue weighted by molar-refractivity contribution is 14.1. The van der Waals surface area contributed by atoms with E-state index in [0.29, 0.717) is 0 Å². The normalized spacial score (nSPS) is 12.5. The Hall–Kier alpha value is -0.000000000000000111. The van der Waals surface area contributed by atoms with Gasteiger partial charge >= 0.3 is 0 Å². The fourth-order valence-electron chi connectivity index (χ4n) is 0.858. The first-order chi connectivity index (χ1) is 6.27. The van der Waals surface area contributed by atoms with Crippen molar-refractivity contribution in [2.24, 2.45) is 0 Å². The molecule has 0 spiro atoms. The van der Waals surface area contributed by atoms with Gasteiger partial charge in [-0.1, -0.05) is 36.5 Å². The van der Waals surface area contributed by atoms with E-state index in [9.17, 15) is 0 Å². The maximum absolute atomic E-state index is 5.20. The second-order valence-electron chi connectivity index (χ2n) is 2.39. The molecule has 0 fully saturated rings. The number of ether oxygens (including phenoxy) is 1. The number of hydrogen-bond acceptors (Lipinski definition) is 2. The Kier molecular flexibility index (Phi) is 4.83. The lowest BCUT2D eigenvalue weighted by Gasteiger charge is -2.10. The van der Waals surface area contributed by atoms with Gasteiger partial charge in [-0.2, -0.15) is 0 Å². The average Bonchev–Trinajstić information content (AvgIpc) is 2.17. The molecule has 0 aromatic heterocycles. The van der Waals surface area contributed by atoms with Gasteiger partial charge in [0.1, 0.15) is 5.44 Å². The quantitative estimate of drug-likeness (QED) is 0.364. The van der Waals surface area contributed by atoms with Crippen LogP contribution >= 0.6 is 34.4 Å². The zero-order valence-corrected chi connectivity index (χ0v) is 10.3. The van der Waals surface area contributed by atoms with Crippen LogP contribution in [-0.4, -0.2) is 12.5 Å². The fourth-order valence-corrected chi connectivity index (χ4v) is 2.41. The second-order valence-corrected chi connectivity index (χ2v) is 4.69. The average molecular weight is 306 g/mol. The van der Waals surface area contributed by atoms with Crippen LogP contribution < -0.4 is 0 Å². The highest BCUT2D eigenvalue weighted by Gasteiger charge is 2.06. The van der Waals surface area contributed by atoms with Gasteiger partial charge in [0.05, 0.1) is 0 Å². The van der Waals surface area contributed by atoms with Crippen LogP contribution in [0.5, 0.6) is 0 Å². The van der Waals surface area contributed by atoms with Crippen LogP contribution in [0.25, 0.3) is 0 Å². The molecule has 1 unspecified atom stereocenters. The van der Waals surface area contributed by atoms with E-state index in [1.807, 2.05) is 12.1 Å². The maximum Gasteiger partial charge on any atom is 0.125 e. The third kappa shape index (κ3) is 3.32. The lowest BCUT2D eigenvalue weighted by Crippen LogP contribution is -2.00. The van der Waals surface area contributed by atoms with E-state index >= 15 is 0 Å². The summed E-state index contributed by atoms with van der Waals surface area (Å²) in [4.78, 5) is 1.23. The summed E-state index contributed by atoms with van der Waals surface area (Å²) in [6, 6.07) is 8.22. The van der Waals surface area contributed by atoms with E-state index in [2.05, 4.69) is 41.3 Å². The summed E-state index contributed by atoms with van der Waals surface area (Å²) in [6.07, 6.45) is 1.80. The second kappa shape index (κ2) is 5.67. The van der Waals surface area contributed by atoms with Gasteiger partial charge in [0.25, 0.3) is 0 Å². The molecule has 0 aliphatic heterocycles. The summed E-state index contributed by atoms with van der Waals surface area (Å²) in [5.41, 5.74) is 0.0379. The molecule has 1 nitrogen and oxygen atoms in total. The van der Waals surface area contributed by atoms with Gasteiger partial charge in [0, 0.05) is 15.6 Å². The Morgan fingerprint density at radius 2 is 2.23 bits per heavy atom. The first-order valence-electron chi connectivity index (χ1n) is 3.84. The van der Waals surface area contributed by atoms with Crippen molar-refractivity contribution >= 4 is 34.4 Å². The molecule has 1 atom stereocenters.